The smallest absolute Gasteiger partial charge is 0.230 e. The molecule has 0 aromatic heterocycles. The summed E-state index contributed by atoms with van der Waals surface area (Å²) in [6.45, 7) is 5.27. The number of likely N-dealkylation sites (tertiary alicyclic amines) is 1. The van der Waals surface area contributed by atoms with Crippen molar-refractivity contribution < 1.29 is 10.0 Å². The largest absolute Gasteiger partial charge is 0.409 e. The number of hydrogen-bond donors (Lipinski definition) is 2. The molecule has 6 nitrogen and oxygen atoms in total. The quantitative estimate of drug-likeness (QED) is 0.316. The van der Waals surface area contributed by atoms with Crippen LogP contribution in [0, 0.1) is 0 Å². The van der Waals surface area contributed by atoms with Gasteiger partial charge in [0, 0.05) is 26.2 Å². The second-order valence-corrected chi connectivity index (χ2v) is 4.44. The van der Waals surface area contributed by atoms with E-state index in [0.29, 0.717) is 0 Å². The maximum Gasteiger partial charge on any atom is 0.230 e. The Morgan fingerprint density at radius 2 is 2.12 bits per heavy atom. The van der Waals surface area contributed by atoms with Crippen molar-refractivity contribution in [2.24, 2.45) is 10.9 Å². The fraction of sp³-hybridized carbons (Fsp3) is 0.818. The number of piperidine rings is 1. The highest BCUT2D eigenvalue weighted by Crippen LogP contribution is 2.15. The maximum atomic E-state index is 11.8. The van der Waals surface area contributed by atoms with Crippen molar-refractivity contribution in [2.45, 2.75) is 32.2 Å². The van der Waals surface area contributed by atoms with Crippen molar-refractivity contribution in [1.82, 2.24) is 9.80 Å². The Morgan fingerprint density at radius 1 is 1.53 bits per heavy atom. The zero-order valence-electron chi connectivity index (χ0n) is 10.6. The van der Waals surface area contributed by atoms with Crippen molar-refractivity contribution in [2.75, 3.05) is 26.7 Å². The van der Waals surface area contributed by atoms with Gasteiger partial charge in [0.15, 0.2) is 0 Å². The summed E-state index contributed by atoms with van der Waals surface area (Å²) in [6.07, 6.45) is 1.97. The van der Waals surface area contributed by atoms with Crippen LogP contribution in [-0.4, -0.2) is 59.5 Å². The molecule has 0 radical (unpaired) electrons. The van der Waals surface area contributed by atoms with Gasteiger partial charge in [-0.2, -0.15) is 0 Å². The number of nitrogens with two attached hydrogens (primary N) is 1. The molecule has 1 rings (SSSR count). The van der Waals surface area contributed by atoms with Gasteiger partial charge in [-0.15, -0.1) is 0 Å². The highest BCUT2D eigenvalue weighted by Gasteiger charge is 2.24. The van der Waals surface area contributed by atoms with E-state index in [2.05, 4.69) is 17.0 Å². The van der Waals surface area contributed by atoms with Crippen LogP contribution in [0.15, 0.2) is 5.16 Å². The predicted octanol–water partition coefficient (Wildman–Crippen LogP) is 0.0656. The molecule has 1 saturated heterocycles. The van der Waals surface area contributed by atoms with Crippen LogP contribution >= 0.6 is 0 Å². The number of carbonyl (C=O) groups excluding carboxylic acids is 1. The second-order valence-electron chi connectivity index (χ2n) is 4.44. The molecule has 6 heteroatoms. The molecule has 0 aromatic carbocycles. The zero-order valence-corrected chi connectivity index (χ0v) is 10.6. The zero-order chi connectivity index (χ0) is 12.8. The van der Waals surface area contributed by atoms with E-state index in [1.807, 2.05) is 0 Å². The van der Waals surface area contributed by atoms with Gasteiger partial charge in [-0.3, -0.25) is 4.79 Å². The minimum absolute atomic E-state index is 0.0129. The number of amides is 1. The number of nitrogens with zero attached hydrogens (tertiary/aromatic N) is 3. The van der Waals surface area contributed by atoms with Crippen molar-refractivity contribution in [3.05, 3.63) is 0 Å². The molecule has 98 valence electrons. The second kappa shape index (κ2) is 6.44. The maximum absolute atomic E-state index is 11.8. The minimum Gasteiger partial charge on any atom is -0.409 e. The lowest BCUT2D eigenvalue weighted by Gasteiger charge is -2.36. The molecule has 0 bridgehead atoms. The van der Waals surface area contributed by atoms with Crippen LogP contribution in [-0.2, 0) is 4.79 Å². The average Bonchev–Trinajstić information content (AvgIpc) is 2.37. The molecule has 3 N–H and O–H groups in total. The highest BCUT2D eigenvalue weighted by atomic mass is 16.4. The van der Waals surface area contributed by atoms with E-state index in [1.165, 1.54) is 0 Å². The van der Waals surface area contributed by atoms with Crippen LogP contribution in [0.4, 0.5) is 0 Å². The molecule has 0 saturated carbocycles. The van der Waals surface area contributed by atoms with Gasteiger partial charge in [-0.25, -0.2) is 0 Å². The van der Waals surface area contributed by atoms with Gasteiger partial charge in [0.05, 0.1) is 6.42 Å². The normalized spacial score (nSPS) is 19.3. The molecule has 0 spiro atoms. The first-order valence-electron chi connectivity index (χ1n) is 6.02. The third-order valence-electron chi connectivity index (χ3n) is 3.41. The van der Waals surface area contributed by atoms with E-state index in [1.54, 1.807) is 11.9 Å². The van der Waals surface area contributed by atoms with Crippen LogP contribution < -0.4 is 5.73 Å². The Balaban J connectivity index is 2.42. The fourth-order valence-electron chi connectivity index (χ4n) is 2.14. The molecule has 1 heterocycles. The summed E-state index contributed by atoms with van der Waals surface area (Å²) in [5, 5.41) is 11.2. The third-order valence-corrected chi connectivity index (χ3v) is 3.41. The van der Waals surface area contributed by atoms with E-state index in [4.69, 9.17) is 10.9 Å². The number of oxime groups is 1. The number of carbonyl (C=O) groups is 1. The summed E-state index contributed by atoms with van der Waals surface area (Å²) < 4.78 is 0. The first kappa shape index (κ1) is 13.8. The van der Waals surface area contributed by atoms with Crippen molar-refractivity contribution in [1.29, 1.82) is 0 Å². The summed E-state index contributed by atoms with van der Waals surface area (Å²) in [5.41, 5.74) is 5.33. The standard InChI is InChI=1S/C11H22N4O2/c1-3-15-6-4-9(5-7-15)14(2)11(16)8-10(12)13-17/h9,17H,3-8H2,1-2H3,(H2,12,13). The Morgan fingerprint density at radius 3 is 2.59 bits per heavy atom. The molecule has 1 amide bonds. The summed E-state index contributed by atoms with van der Waals surface area (Å²) in [7, 11) is 1.79. The van der Waals surface area contributed by atoms with Gasteiger partial charge >= 0.3 is 0 Å². The monoisotopic (exact) mass is 242 g/mol. The molecule has 1 aliphatic rings. The van der Waals surface area contributed by atoms with E-state index in [-0.39, 0.29) is 24.2 Å². The Hall–Kier alpha value is -1.30. The van der Waals surface area contributed by atoms with E-state index < -0.39 is 0 Å². The Kier molecular flexibility index (Phi) is 5.21. The van der Waals surface area contributed by atoms with Crippen molar-refractivity contribution in [3.63, 3.8) is 0 Å². The topological polar surface area (TPSA) is 82.2 Å². The van der Waals surface area contributed by atoms with Crippen LogP contribution in [0.1, 0.15) is 26.2 Å². The molecule has 0 unspecified atom stereocenters. The number of amidine groups is 1. The van der Waals surface area contributed by atoms with Crippen molar-refractivity contribution >= 4 is 11.7 Å². The van der Waals surface area contributed by atoms with Crippen LogP contribution in [0.3, 0.4) is 0 Å². The van der Waals surface area contributed by atoms with Gasteiger partial charge < -0.3 is 20.7 Å². The molecule has 1 aliphatic heterocycles. The molecule has 0 atom stereocenters. The van der Waals surface area contributed by atoms with Gasteiger partial charge in [-0.05, 0) is 19.4 Å². The molecular formula is C11H22N4O2. The number of hydrogen-bond acceptors (Lipinski definition) is 4. The van der Waals surface area contributed by atoms with Gasteiger partial charge in [0.1, 0.15) is 5.84 Å². The summed E-state index contributed by atoms with van der Waals surface area (Å²) in [6, 6.07) is 0.275. The lowest BCUT2D eigenvalue weighted by molar-refractivity contribution is -0.131. The third kappa shape index (κ3) is 3.89. The van der Waals surface area contributed by atoms with Gasteiger partial charge in [0.2, 0.25) is 5.91 Å². The molecule has 1 fully saturated rings. The molecule has 0 aromatic rings. The highest BCUT2D eigenvalue weighted by molar-refractivity contribution is 5.98. The summed E-state index contributed by atoms with van der Waals surface area (Å²) in [5.74, 6) is -0.122. The van der Waals surface area contributed by atoms with E-state index in [9.17, 15) is 4.79 Å². The minimum atomic E-state index is -0.0877. The lowest BCUT2D eigenvalue weighted by Crippen LogP contribution is -2.46. The first-order valence-corrected chi connectivity index (χ1v) is 6.02. The summed E-state index contributed by atoms with van der Waals surface area (Å²) in [4.78, 5) is 15.9. The van der Waals surface area contributed by atoms with Crippen LogP contribution in [0.5, 0.6) is 0 Å². The fourth-order valence-corrected chi connectivity index (χ4v) is 2.14. The molecule has 17 heavy (non-hydrogen) atoms. The average molecular weight is 242 g/mol. The predicted molar refractivity (Wildman–Crippen MR) is 65.9 cm³/mol. The van der Waals surface area contributed by atoms with Crippen LogP contribution in [0.2, 0.25) is 0 Å². The van der Waals surface area contributed by atoms with Crippen LogP contribution in [0.25, 0.3) is 0 Å². The SMILES string of the molecule is CCN1CCC(N(C)C(=O)CC(N)=NO)CC1. The van der Waals surface area contributed by atoms with Crippen molar-refractivity contribution in [3.8, 4) is 0 Å². The Labute approximate surface area is 102 Å². The summed E-state index contributed by atoms with van der Waals surface area (Å²) >= 11 is 0. The van der Waals surface area contributed by atoms with Gasteiger partial charge in [-0.1, -0.05) is 12.1 Å². The lowest BCUT2D eigenvalue weighted by atomic mass is 10.0. The molecule has 0 aliphatic carbocycles. The van der Waals surface area contributed by atoms with E-state index in [0.717, 1.165) is 32.5 Å². The Bertz CT molecular complexity index is 285. The first-order chi connectivity index (χ1) is 8.08. The van der Waals surface area contributed by atoms with Gasteiger partial charge in [0.25, 0.3) is 0 Å². The van der Waals surface area contributed by atoms with E-state index >= 15 is 0 Å². The molecular weight excluding hydrogens is 220 g/mol. The number of rotatable bonds is 4.